The lowest BCUT2D eigenvalue weighted by Crippen LogP contribution is -2.32. The minimum absolute atomic E-state index is 0.0456. The number of aryl methyl sites for hydroxylation is 2. The van der Waals surface area contributed by atoms with E-state index in [1.165, 1.54) is 22.3 Å². The van der Waals surface area contributed by atoms with Gasteiger partial charge in [-0.3, -0.25) is 0 Å². The van der Waals surface area contributed by atoms with Crippen LogP contribution in [-0.2, 0) is 0 Å². The zero-order chi connectivity index (χ0) is 16.1. The van der Waals surface area contributed by atoms with E-state index in [0.29, 0.717) is 0 Å². The zero-order valence-electron chi connectivity index (χ0n) is 13.8. The molecule has 2 aromatic carbocycles. The van der Waals surface area contributed by atoms with Crippen molar-refractivity contribution in [2.24, 2.45) is 0 Å². The molecule has 2 heteroatoms. The highest BCUT2D eigenvalue weighted by Gasteiger charge is 2.27. The topological polar surface area (TPSA) is 12.0 Å². The monoisotopic (exact) mass is 311 g/mol. The molecule has 1 N–H and O–H groups in total. The van der Waals surface area contributed by atoms with E-state index in [1.807, 2.05) is 0 Å². The second-order valence-electron chi connectivity index (χ2n) is 6.85. The number of anilines is 1. The minimum atomic E-state index is -0.0456. The van der Waals surface area contributed by atoms with E-state index in [0.717, 1.165) is 21.8 Å². The van der Waals surface area contributed by atoms with Crippen molar-refractivity contribution in [1.29, 1.82) is 0 Å². The molecule has 0 saturated carbocycles. The molecular formula is C20H22ClN. The van der Waals surface area contributed by atoms with Crippen molar-refractivity contribution in [3.63, 3.8) is 0 Å². The lowest BCUT2D eigenvalue weighted by atomic mass is 9.87. The van der Waals surface area contributed by atoms with E-state index in [2.05, 4.69) is 76.3 Å². The highest BCUT2D eigenvalue weighted by Crippen LogP contribution is 2.44. The highest BCUT2D eigenvalue weighted by molar-refractivity contribution is 6.36. The van der Waals surface area contributed by atoms with E-state index >= 15 is 0 Å². The van der Waals surface area contributed by atoms with Gasteiger partial charge in [0.1, 0.15) is 0 Å². The van der Waals surface area contributed by atoms with Crippen molar-refractivity contribution in [3.8, 4) is 11.1 Å². The van der Waals surface area contributed by atoms with Gasteiger partial charge in [-0.25, -0.2) is 0 Å². The summed E-state index contributed by atoms with van der Waals surface area (Å²) in [6.45, 7) is 10.8. The van der Waals surface area contributed by atoms with Crippen LogP contribution in [0.1, 0.15) is 37.5 Å². The van der Waals surface area contributed by atoms with E-state index < -0.39 is 0 Å². The van der Waals surface area contributed by atoms with E-state index in [9.17, 15) is 0 Å². The first kappa shape index (κ1) is 15.2. The van der Waals surface area contributed by atoms with Crippen LogP contribution < -0.4 is 5.32 Å². The molecule has 0 fully saturated rings. The van der Waals surface area contributed by atoms with Crippen molar-refractivity contribution >= 4 is 22.9 Å². The zero-order valence-corrected chi connectivity index (χ0v) is 14.6. The Balaban J connectivity index is 2.26. The molecule has 0 bridgehead atoms. The Bertz CT molecular complexity index is 785. The van der Waals surface area contributed by atoms with Gasteiger partial charge in [-0.2, -0.15) is 0 Å². The van der Waals surface area contributed by atoms with Crippen LogP contribution in [0.5, 0.6) is 0 Å². The van der Waals surface area contributed by atoms with Crippen LogP contribution in [0.15, 0.2) is 36.4 Å². The first-order chi connectivity index (χ1) is 10.3. The van der Waals surface area contributed by atoms with Crippen LogP contribution in [0.2, 0.25) is 5.02 Å². The summed E-state index contributed by atoms with van der Waals surface area (Å²) in [7, 11) is 0. The largest absolute Gasteiger partial charge is 0.376 e. The fourth-order valence-corrected chi connectivity index (χ4v) is 3.73. The number of rotatable bonds is 1. The minimum Gasteiger partial charge on any atom is -0.376 e. The molecule has 22 heavy (non-hydrogen) atoms. The van der Waals surface area contributed by atoms with Crippen molar-refractivity contribution < 1.29 is 0 Å². The summed E-state index contributed by atoms with van der Waals surface area (Å²) in [5, 5.41) is 4.44. The van der Waals surface area contributed by atoms with Gasteiger partial charge in [0.05, 0.1) is 10.6 Å². The van der Waals surface area contributed by atoms with Gasteiger partial charge in [-0.05, 0) is 57.4 Å². The molecular weight excluding hydrogens is 290 g/mol. The second-order valence-corrected chi connectivity index (χ2v) is 7.23. The second kappa shape index (κ2) is 5.17. The summed E-state index contributed by atoms with van der Waals surface area (Å²) < 4.78 is 0. The molecule has 0 saturated heterocycles. The maximum atomic E-state index is 6.79. The van der Waals surface area contributed by atoms with E-state index in [4.69, 9.17) is 11.6 Å². The molecule has 1 heterocycles. The summed E-state index contributed by atoms with van der Waals surface area (Å²) in [6, 6.07) is 10.7. The normalized spacial score (nSPS) is 15.8. The van der Waals surface area contributed by atoms with Crippen LogP contribution in [-0.4, -0.2) is 5.54 Å². The number of fused-ring (bicyclic) bond motifs is 1. The van der Waals surface area contributed by atoms with Crippen molar-refractivity contribution in [2.45, 2.75) is 40.2 Å². The molecule has 1 nitrogen and oxygen atoms in total. The molecule has 114 valence electrons. The molecule has 2 aromatic rings. The number of halogens is 1. The summed E-state index contributed by atoms with van der Waals surface area (Å²) in [5.41, 5.74) is 8.25. The first-order valence-corrected chi connectivity index (χ1v) is 8.04. The lowest BCUT2D eigenvalue weighted by Gasteiger charge is -2.33. The third-order valence-corrected chi connectivity index (χ3v) is 4.60. The third-order valence-electron chi connectivity index (χ3n) is 4.21. The molecule has 3 rings (SSSR count). The van der Waals surface area contributed by atoms with Crippen molar-refractivity contribution in [2.75, 3.05) is 5.32 Å². The number of allylic oxidation sites excluding steroid dienone is 1. The Hall–Kier alpha value is -1.73. The van der Waals surface area contributed by atoms with Gasteiger partial charge in [-0.15, -0.1) is 0 Å². The van der Waals surface area contributed by atoms with Gasteiger partial charge in [0.2, 0.25) is 0 Å². The molecule has 0 unspecified atom stereocenters. The maximum Gasteiger partial charge on any atom is 0.0580 e. The molecule has 1 aliphatic heterocycles. The Morgan fingerprint density at radius 3 is 2.45 bits per heavy atom. The van der Waals surface area contributed by atoms with Gasteiger partial charge in [0.15, 0.2) is 0 Å². The molecule has 0 atom stereocenters. The van der Waals surface area contributed by atoms with Crippen LogP contribution in [0.3, 0.4) is 0 Å². The summed E-state index contributed by atoms with van der Waals surface area (Å²) in [5.74, 6) is 0. The standard InChI is InChI=1S/C20H22ClN/c1-12-7-6-8-15(9-12)16-10-13(2)19-17(18(16)21)14(3)11-20(4,5)22-19/h6-11,22H,1-5H3. The van der Waals surface area contributed by atoms with Gasteiger partial charge >= 0.3 is 0 Å². The molecule has 0 aromatic heterocycles. The predicted octanol–water partition coefficient (Wildman–Crippen LogP) is 6.23. The average Bonchev–Trinajstić information content (AvgIpc) is 2.41. The van der Waals surface area contributed by atoms with E-state index in [-0.39, 0.29) is 5.54 Å². The predicted molar refractivity (Wildman–Crippen MR) is 97.7 cm³/mol. The summed E-state index contributed by atoms with van der Waals surface area (Å²) in [6.07, 6.45) is 2.25. The van der Waals surface area contributed by atoms with Gasteiger partial charge in [0.25, 0.3) is 0 Å². The van der Waals surface area contributed by atoms with Gasteiger partial charge in [-0.1, -0.05) is 47.5 Å². The fraction of sp³-hybridized carbons (Fsp3) is 0.300. The number of nitrogens with one attached hydrogen (secondary N) is 1. The third kappa shape index (κ3) is 2.55. The quantitative estimate of drug-likeness (QED) is 0.658. The molecule has 0 spiro atoms. The molecule has 1 aliphatic rings. The Morgan fingerprint density at radius 1 is 1.05 bits per heavy atom. The molecule has 0 aliphatic carbocycles. The lowest BCUT2D eigenvalue weighted by molar-refractivity contribution is 0.706. The van der Waals surface area contributed by atoms with Gasteiger partial charge in [0, 0.05) is 16.8 Å². The summed E-state index contributed by atoms with van der Waals surface area (Å²) in [4.78, 5) is 0. The fourth-order valence-electron chi connectivity index (χ4n) is 3.32. The molecule has 0 amide bonds. The maximum absolute atomic E-state index is 6.79. The van der Waals surface area contributed by atoms with Crippen molar-refractivity contribution in [3.05, 3.63) is 58.1 Å². The van der Waals surface area contributed by atoms with Crippen molar-refractivity contribution in [1.82, 2.24) is 0 Å². The smallest absolute Gasteiger partial charge is 0.0580 e. The van der Waals surface area contributed by atoms with Crippen LogP contribution in [0, 0.1) is 13.8 Å². The number of hydrogen-bond acceptors (Lipinski definition) is 1. The summed E-state index contributed by atoms with van der Waals surface area (Å²) >= 11 is 6.79. The van der Waals surface area contributed by atoms with Gasteiger partial charge < -0.3 is 5.32 Å². The molecule has 0 radical (unpaired) electrons. The first-order valence-electron chi connectivity index (χ1n) is 7.67. The highest BCUT2D eigenvalue weighted by atomic mass is 35.5. The van der Waals surface area contributed by atoms with Crippen LogP contribution in [0.25, 0.3) is 16.7 Å². The van der Waals surface area contributed by atoms with Crippen LogP contribution >= 0.6 is 11.6 Å². The number of hydrogen-bond donors (Lipinski definition) is 1. The SMILES string of the molecule is CC1=CC(C)(C)Nc2c(C)cc(-c3cccc(C)c3)c(Cl)c21. The Labute approximate surface area is 138 Å². The Kier molecular flexibility index (Phi) is 3.57. The Morgan fingerprint density at radius 2 is 1.77 bits per heavy atom. The number of benzene rings is 2. The van der Waals surface area contributed by atoms with Crippen LogP contribution in [0.4, 0.5) is 5.69 Å². The average molecular weight is 312 g/mol. The van der Waals surface area contributed by atoms with E-state index in [1.54, 1.807) is 0 Å².